The Kier molecular flexibility index (Phi) is 5.03. The van der Waals surface area contributed by atoms with Crippen LogP contribution in [0.2, 0.25) is 0 Å². The van der Waals surface area contributed by atoms with Gasteiger partial charge in [0.1, 0.15) is 0 Å². The third-order valence-electron chi connectivity index (χ3n) is 5.55. The molecule has 2 aromatic rings. The van der Waals surface area contributed by atoms with Crippen LogP contribution in [-0.2, 0) is 9.59 Å². The molecule has 6 heteroatoms. The van der Waals surface area contributed by atoms with Gasteiger partial charge in [-0.2, -0.15) is 0 Å². The molecular formula is C22H25N3O3. The Morgan fingerprint density at radius 2 is 1.57 bits per heavy atom. The zero-order valence-corrected chi connectivity index (χ0v) is 16.1. The smallest absolute Gasteiger partial charge is 0.256 e. The number of rotatable bonds is 3. The van der Waals surface area contributed by atoms with Crippen LogP contribution in [-0.4, -0.2) is 53.7 Å². The van der Waals surface area contributed by atoms with E-state index in [1.165, 1.54) is 0 Å². The minimum atomic E-state index is -0.0951. The molecule has 0 bridgehead atoms. The molecule has 0 unspecified atom stereocenters. The van der Waals surface area contributed by atoms with E-state index in [1.54, 1.807) is 16.7 Å². The topological polar surface area (TPSA) is 69.7 Å². The average Bonchev–Trinajstić information content (AvgIpc) is 3.53. The third-order valence-corrected chi connectivity index (χ3v) is 5.55. The van der Waals surface area contributed by atoms with E-state index < -0.39 is 0 Å². The van der Waals surface area contributed by atoms with Gasteiger partial charge in [-0.15, -0.1) is 0 Å². The van der Waals surface area contributed by atoms with Crippen LogP contribution in [0.1, 0.15) is 36.5 Å². The number of carbonyl (C=O) groups is 3. The molecule has 0 atom stereocenters. The first kappa shape index (κ1) is 18.5. The average molecular weight is 379 g/mol. The van der Waals surface area contributed by atoms with Gasteiger partial charge < -0.3 is 15.1 Å². The number of hydrogen-bond acceptors (Lipinski definition) is 3. The zero-order chi connectivity index (χ0) is 19.7. The van der Waals surface area contributed by atoms with Gasteiger partial charge in [0, 0.05) is 39.0 Å². The second-order valence-electron chi connectivity index (χ2n) is 7.66. The Labute approximate surface area is 164 Å². The van der Waals surface area contributed by atoms with Crippen molar-refractivity contribution in [2.45, 2.75) is 26.2 Å². The molecule has 2 fully saturated rings. The Bertz CT molecular complexity index is 936. The molecule has 1 saturated heterocycles. The van der Waals surface area contributed by atoms with E-state index in [2.05, 4.69) is 5.32 Å². The lowest BCUT2D eigenvalue weighted by Crippen LogP contribution is -2.37. The molecule has 3 amide bonds. The van der Waals surface area contributed by atoms with Gasteiger partial charge in [-0.25, -0.2) is 0 Å². The van der Waals surface area contributed by atoms with Crippen molar-refractivity contribution in [2.24, 2.45) is 5.92 Å². The Morgan fingerprint density at radius 3 is 2.25 bits per heavy atom. The monoisotopic (exact) mass is 379 g/mol. The summed E-state index contributed by atoms with van der Waals surface area (Å²) in [5.41, 5.74) is 1.09. The first-order chi connectivity index (χ1) is 13.5. The molecule has 0 radical (unpaired) electrons. The molecule has 2 aliphatic rings. The quantitative estimate of drug-likeness (QED) is 0.892. The minimum Gasteiger partial charge on any atom is -0.341 e. The molecule has 28 heavy (non-hydrogen) atoms. The first-order valence-electron chi connectivity index (χ1n) is 9.91. The number of amides is 3. The summed E-state index contributed by atoms with van der Waals surface area (Å²) >= 11 is 0. The van der Waals surface area contributed by atoms with E-state index in [9.17, 15) is 14.4 Å². The third kappa shape index (κ3) is 3.86. The molecule has 146 valence electrons. The first-order valence-corrected chi connectivity index (χ1v) is 9.91. The van der Waals surface area contributed by atoms with E-state index in [4.69, 9.17) is 0 Å². The number of anilines is 1. The standard InChI is InChI=1S/C22H25N3O3/c1-15(26)24-9-4-10-25(12-11-24)22(28)19-13-17-5-2-3-6-18(17)14-20(19)23-21(27)16-7-8-16/h2-3,5-6,13-14,16H,4,7-12H2,1H3,(H,23,27). The van der Waals surface area contributed by atoms with Gasteiger partial charge in [0.25, 0.3) is 5.91 Å². The molecule has 2 aromatic carbocycles. The Hall–Kier alpha value is -2.89. The highest BCUT2D eigenvalue weighted by Gasteiger charge is 2.31. The summed E-state index contributed by atoms with van der Waals surface area (Å²) < 4.78 is 0. The molecule has 1 heterocycles. The zero-order valence-electron chi connectivity index (χ0n) is 16.1. The van der Waals surface area contributed by atoms with Gasteiger partial charge in [0.05, 0.1) is 11.3 Å². The van der Waals surface area contributed by atoms with E-state index in [1.807, 2.05) is 36.4 Å². The van der Waals surface area contributed by atoms with Crippen LogP contribution < -0.4 is 5.32 Å². The molecule has 1 aliphatic heterocycles. The lowest BCUT2D eigenvalue weighted by atomic mass is 10.0. The van der Waals surface area contributed by atoms with Crippen molar-refractivity contribution in [3.05, 3.63) is 42.0 Å². The SMILES string of the molecule is CC(=O)N1CCCN(C(=O)c2cc3ccccc3cc2NC(=O)C2CC2)CC1. The molecule has 0 spiro atoms. The molecule has 6 nitrogen and oxygen atoms in total. The molecule has 0 aromatic heterocycles. The summed E-state index contributed by atoms with van der Waals surface area (Å²) in [6.07, 6.45) is 2.58. The van der Waals surface area contributed by atoms with Crippen molar-refractivity contribution in [3.63, 3.8) is 0 Å². The van der Waals surface area contributed by atoms with Gasteiger partial charge >= 0.3 is 0 Å². The van der Waals surface area contributed by atoms with Crippen LogP contribution in [0, 0.1) is 5.92 Å². The van der Waals surface area contributed by atoms with Crippen molar-refractivity contribution in [1.29, 1.82) is 0 Å². The lowest BCUT2D eigenvalue weighted by molar-refractivity contribution is -0.128. The van der Waals surface area contributed by atoms with E-state index in [-0.39, 0.29) is 23.6 Å². The second kappa shape index (κ2) is 7.62. The maximum atomic E-state index is 13.3. The van der Waals surface area contributed by atoms with Gasteiger partial charge in [0.2, 0.25) is 11.8 Å². The van der Waals surface area contributed by atoms with Crippen molar-refractivity contribution in [2.75, 3.05) is 31.5 Å². The number of fused-ring (bicyclic) bond motifs is 1. The second-order valence-corrected chi connectivity index (χ2v) is 7.66. The van der Waals surface area contributed by atoms with Crippen LogP contribution in [0.3, 0.4) is 0 Å². The molecule has 1 aliphatic carbocycles. The molecule has 4 rings (SSSR count). The highest BCUT2D eigenvalue weighted by molar-refractivity contribution is 6.08. The number of nitrogens with one attached hydrogen (secondary N) is 1. The number of benzene rings is 2. The van der Waals surface area contributed by atoms with Crippen LogP contribution in [0.5, 0.6) is 0 Å². The predicted molar refractivity (Wildman–Crippen MR) is 108 cm³/mol. The Morgan fingerprint density at radius 1 is 0.929 bits per heavy atom. The van der Waals surface area contributed by atoms with Crippen LogP contribution >= 0.6 is 0 Å². The fourth-order valence-corrected chi connectivity index (χ4v) is 3.71. The molecular weight excluding hydrogens is 354 g/mol. The Balaban J connectivity index is 1.64. The highest BCUT2D eigenvalue weighted by atomic mass is 16.2. The number of nitrogens with zero attached hydrogens (tertiary/aromatic N) is 2. The van der Waals surface area contributed by atoms with Crippen molar-refractivity contribution in [3.8, 4) is 0 Å². The summed E-state index contributed by atoms with van der Waals surface area (Å²) in [5.74, 6) is -0.000622. The fourth-order valence-electron chi connectivity index (χ4n) is 3.71. The van der Waals surface area contributed by atoms with Gasteiger partial charge in [-0.05, 0) is 42.2 Å². The summed E-state index contributed by atoms with van der Waals surface area (Å²) in [6, 6.07) is 11.6. The molecule has 1 saturated carbocycles. The fraction of sp³-hybridized carbons (Fsp3) is 0.409. The van der Waals surface area contributed by atoms with E-state index >= 15 is 0 Å². The number of hydrogen-bond donors (Lipinski definition) is 1. The van der Waals surface area contributed by atoms with Gasteiger partial charge in [-0.1, -0.05) is 24.3 Å². The van der Waals surface area contributed by atoms with Crippen LogP contribution in [0.15, 0.2) is 36.4 Å². The van der Waals surface area contributed by atoms with E-state index in [0.717, 1.165) is 30.0 Å². The lowest BCUT2D eigenvalue weighted by Gasteiger charge is -2.23. The maximum absolute atomic E-state index is 13.3. The van der Waals surface area contributed by atoms with Crippen molar-refractivity contribution >= 4 is 34.2 Å². The summed E-state index contributed by atoms with van der Waals surface area (Å²) in [6.45, 7) is 3.87. The number of carbonyl (C=O) groups excluding carboxylic acids is 3. The van der Waals surface area contributed by atoms with Crippen LogP contribution in [0.4, 0.5) is 5.69 Å². The van der Waals surface area contributed by atoms with E-state index in [0.29, 0.717) is 37.4 Å². The van der Waals surface area contributed by atoms with Crippen LogP contribution in [0.25, 0.3) is 10.8 Å². The molecule has 1 N–H and O–H groups in total. The van der Waals surface area contributed by atoms with Crippen molar-refractivity contribution < 1.29 is 14.4 Å². The predicted octanol–water partition coefficient (Wildman–Crippen LogP) is 2.88. The largest absolute Gasteiger partial charge is 0.341 e. The summed E-state index contributed by atoms with van der Waals surface area (Å²) in [7, 11) is 0. The maximum Gasteiger partial charge on any atom is 0.256 e. The normalized spacial score (nSPS) is 17.3. The summed E-state index contributed by atoms with van der Waals surface area (Å²) in [4.78, 5) is 40.9. The minimum absolute atomic E-state index is 0.0112. The highest BCUT2D eigenvalue weighted by Crippen LogP contribution is 2.32. The van der Waals surface area contributed by atoms with Crippen molar-refractivity contribution in [1.82, 2.24) is 9.80 Å². The van der Waals surface area contributed by atoms with Gasteiger partial charge in [0.15, 0.2) is 0 Å². The van der Waals surface area contributed by atoms with Gasteiger partial charge in [-0.3, -0.25) is 14.4 Å². The summed E-state index contributed by atoms with van der Waals surface area (Å²) in [5, 5.41) is 4.93.